The summed E-state index contributed by atoms with van der Waals surface area (Å²) in [5, 5.41) is 3.12. The zero-order valence-corrected chi connectivity index (χ0v) is 10.4. The van der Waals surface area contributed by atoms with Crippen molar-refractivity contribution >= 4 is 5.97 Å². The number of carbonyl (C=O) groups is 1. The lowest BCUT2D eigenvalue weighted by atomic mass is 10.2. The summed E-state index contributed by atoms with van der Waals surface area (Å²) in [4.78, 5) is 11.5. The molecule has 0 aliphatic heterocycles. The molecule has 0 radical (unpaired) electrons. The van der Waals surface area contributed by atoms with Crippen LogP contribution < -0.4 is 5.32 Å². The van der Waals surface area contributed by atoms with Crippen LogP contribution in [0.25, 0.3) is 0 Å². The minimum absolute atomic E-state index is 0.121. The summed E-state index contributed by atoms with van der Waals surface area (Å²) in [6.07, 6.45) is 0.121. The van der Waals surface area contributed by atoms with Crippen molar-refractivity contribution in [3.05, 3.63) is 0 Å². The van der Waals surface area contributed by atoms with Gasteiger partial charge >= 0.3 is 5.97 Å². The van der Waals surface area contributed by atoms with E-state index in [0.29, 0.717) is 13.2 Å². The second kappa shape index (κ2) is 7.65. The zero-order chi connectivity index (χ0) is 11.8. The number of hydrogen-bond donors (Lipinski definition) is 1. The lowest BCUT2D eigenvalue weighted by Gasteiger charge is -2.20. The number of nitrogens with one attached hydrogen (secondary N) is 1. The van der Waals surface area contributed by atoms with Crippen LogP contribution in [0.4, 0.5) is 0 Å². The number of carbonyl (C=O) groups excluding carboxylic acids is 1. The van der Waals surface area contributed by atoms with Crippen molar-refractivity contribution in [2.45, 2.75) is 52.8 Å². The lowest BCUT2D eigenvalue weighted by Crippen LogP contribution is -2.45. The number of esters is 1. The van der Waals surface area contributed by atoms with Crippen LogP contribution in [-0.4, -0.2) is 37.4 Å². The Morgan fingerprint density at radius 1 is 1.27 bits per heavy atom. The van der Waals surface area contributed by atoms with E-state index in [4.69, 9.17) is 9.47 Å². The first-order valence-corrected chi connectivity index (χ1v) is 5.51. The fourth-order valence-electron chi connectivity index (χ4n) is 1.12. The van der Waals surface area contributed by atoms with E-state index in [2.05, 4.69) is 5.32 Å². The summed E-state index contributed by atoms with van der Waals surface area (Å²) in [7, 11) is 0. The van der Waals surface area contributed by atoms with E-state index < -0.39 is 0 Å². The Labute approximate surface area is 92.3 Å². The van der Waals surface area contributed by atoms with Crippen molar-refractivity contribution in [3.63, 3.8) is 0 Å². The Bertz CT molecular complexity index is 181. The molecule has 1 unspecified atom stereocenters. The molecule has 0 aromatic carbocycles. The van der Waals surface area contributed by atoms with Crippen molar-refractivity contribution in [3.8, 4) is 0 Å². The predicted octanol–water partition coefficient (Wildman–Crippen LogP) is 1.34. The van der Waals surface area contributed by atoms with Crippen molar-refractivity contribution in [2.75, 3.05) is 13.2 Å². The summed E-state index contributed by atoms with van der Waals surface area (Å²) in [5.74, 6) is -0.244. The third-order valence-corrected chi connectivity index (χ3v) is 1.70. The Morgan fingerprint density at radius 3 is 2.27 bits per heavy atom. The molecule has 0 saturated heterocycles. The van der Waals surface area contributed by atoms with Gasteiger partial charge in [0.2, 0.25) is 0 Å². The maximum Gasteiger partial charge on any atom is 0.325 e. The molecule has 0 aliphatic carbocycles. The van der Waals surface area contributed by atoms with Crippen molar-refractivity contribution in [1.29, 1.82) is 0 Å². The molecular weight excluding hydrogens is 194 g/mol. The summed E-state index contributed by atoms with van der Waals surface area (Å²) in [6, 6.07) is -0.137. The van der Waals surface area contributed by atoms with E-state index in [-0.39, 0.29) is 24.2 Å². The summed E-state index contributed by atoms with van der Waals surface area (Å²) >= 11 is 0. The monoisotopic (exact) mass is 217 g/mol. The highest BCUT2D eigenvalue weighted by Gasteiger charge is 2.20. The van der Waals surface area contributed by atoms with Crippen LogP contribution in [0.5, 0.6) is 0 Å². The van der Waals surface area contributed by atoms with Crippen LogP contribution in [0.1, 0.15) is 34.6 Å². The maximum absolute atomic E-state index is 11.5. The summed E-state index contributed by atoms with van der Waals surface area (Å²) in [5.41, 5.74) is 0. The molecule has 0 fully saturated rings. The summed E-state index contributed by atoms with van der Waals surface area (Å²) < 4.78 is 10.4. The quantitative estimate of drug-likeness (QED) is 0.654. The third kappa shape index (κ3) is 7.33. The van der Waals surface area contributed by atoms with E-state index in [1.165, 1.54) is 0 Å². The van der Waals surface area contributed by atoms with Crippen LogP contribution in [0, 0.1) is 0 Å². The molecule has 0 amide bonds. The fourth-order valence-corrected chi connectivity index (χ4v) is 1.12. The molecule has 1 N–H and O–H groups in total. The molecule has 0 aromatic rings. The topological polar surface area (TPSA) is 47.6 Å². The third-order valence-electron chi connectivity index (χ3n) is 1.70. The lowest BCUT2D eigenvalue weighted by molar-refractivity contribution is -0.148. The van der Waals surface area contributed by atoms with Crippen LogP contribution in [0.3, 0.4) is 0 Å². The molecule has 4 nitrogen and oxygen atoms in total. The molecule has 0 rings (SSSR count). The first-order valence-electron chi connectivity index (χ1n) is 5.51. The Kier molecular flexibility index (Phi) is 7.34. The second-order valence-corrected chi connectivity index (χ2v) is 4.01. The minimum Gasteiger partial charge on any atom is -0.465 e. The van der Waals surface area contributed by atoms with Gasteiger partial charge in [0, 0.05) is 6.04 Å². The van der Waals surface area contributed by atoms with Crippen LogP contribution >= 0.6 is 0 Å². The predicted molar refractivity (Wildman–Crippen MR) is 59.8 cm³/mol. The van der Waals surface area contributed by atoms with Crippen molar-refractivity contribution in [2.24, 2.45) is 0 Å². The molecule has 0 spiro atoms. The van der Waals surface area contributed by atoms with Gasteiger partial charge in [-0.15, -0.1) is 0 Å². The average molecular weight is 217 g/mol. The van der Waals surface area contributed by atoms with Gasteiger partial charge in [-0.2, -0.15) is 0 Å². The van der Waals surface area contributed by atoms with E-state index in [0.717, 1.165) is 0 Å². The van der Waals surface area contributed by atoms with Gasteiger partial charge in [-0.05, 0) is 20.8 Å². The smallest absolute Gasteiger partial charge is 0.325 e. The first kappa shape index (κ1) is 14.4. The summed E-state index contributed by atoms with van der Waals surface area (Å²) in [6.45, 7) is 10.4. The number of rotatable bonds is 7. The van der Waals surface area contributed by atoms with E-state index >= 15 is 0 Å². The van der Waals surface area contributed by atoms with E-state index in [9.17, 15) is 4.79 Å². The van der Waals surface area contributed by atoms with Crippen molar-refractivity contribution in [1.82, 2.24) is 5.32 Å². The SMILES string of the molecule is CCOC(=O)C(COC(C)C)NC(C)C. The molecule has 0 aromatic heterocycles. The molecule has 1 atom stereocenters. The van der Waals surface area contributed by atoms with Gasteiger partial charge in [-0.3, -0.25) is 4.79 Å². The van der Waals surface area contributed by atoms with E-state index in [1.807, 2.05) is 27.7 Å². The molecule has 4 heteroatoms. The minimum atomic E-state index is -0.368. The van der Waals surface area contributed by atoms with Gasteiger partial charge in [-0.25, -0.2) is 0 Å². The standard InChI is InChI=1S/C11H23NO3/c1-6-14-11(13)10(12-8(2)3)7-15-9(4)5/h8-10,12H,6-7H2,1-5H3. The van der Waals surface area contributed by atoms with Crippen LogP contribution in [-0.2, 0) is 14.3 Å². The van der Waals surface area contributed by atoms with Gasteiger partial charge in [0.25, 0.3) is 0 Å². The normalized spacial score (nSPS) is 13.3. The van der Waals surface area contributed by atoms with Gasteiger partial charge in [0.1, 0.15) is 6.04 Å². The van der Waals surface area contributed by atoms with Gasteiger partial charge in [0.15, 0.2) is 0 Å². The average Bonchev–Trinajstić information content (AvgIpc) is 2.11. The fraction of sp³-hybridized carbons (Fsp3) is 0.909. The van der Waals surface area contributed by atoms with E-state index in [1.54, 1.807) is 6.92 Å². The Balaban J connectivity index is 4.11. The molecule has 0 bridgehead atoms. The number of ether oxygens (including phenoxy) is 2. The Hall–Kier alpha value is -0.610. The first-order chi connectivity index (χ1) is 6.97. The highest BCUT2D eigenvalue weighted by atomic mass is 16.5. The Morgan fingerprint density at radius 2 is 1.87 bits per heavy atom. The van der Waals surface area contributed by atoms with Gasteiger partial charge in [0.05, 0.1) is 19.3 Å². The maximum atomic E-state index is 11.5. The zero-order valence-electron chi connectivity index (χ0n) is 10.4. The van der Waals surface area contributed by atoms with Gasteiger partial charge in [-0.1, -0.05) is 13.8 Å². The second-order valence-electron chi connectivity index (χ2n) is 4.01. The molecule has 0 aliphatic rings. The van der Waals surface area contributed by atoms with Crippen molar-refractivity contribution < 1.29 is 14.3 Å². The van der Waals surface area contributed by atoms with Crippen LogP contribution in [0.2, 0.25) is 0 Å². The largest absolute Gasteiger partial charge is 0.465 e. The molecule has 90 valence electrons. The number of hydrogen-bond acceptors (Lipinski definition) is 4. The highest BCUT2D eigenvalue weighted by Crippen LogP contribution is 1.97. The molecule has 15 heavy (non-hydrogen) atoms. The van der Waals surface area contributed by atoms with Crippen LogP contribution in [0.15, 0.2) is 0 Å². The molecule has 0 heterocycles. The molecule has 0 saturated carbocycles. The molecular formula is C11H23NO3. The highest BCUT2D eigenvalue weighted by molar-refractivity contribution is 5.75. The van der Waals surface area contributed by atoms with Gasteiger partial charge < -0.3 is 14.8 Å².